The molecule has 0 aliphatic heterocycles. The lowest BCUT2D eigenvalue weighted by Gasteiger charge is -2.04. The van der Waals surface area contributed by atoms with Crippen LogP contribution in [-0.4, -0.2) is 26.8 Å². The molecule has 114 valence electrons. The minimum Gasteiger partial charge on any atom is -0.507 e. The lowest BCUT2D eigenvalue weighted by molar-refractivity contribution is 0.0952. The van der Waals surface area contributed by atoms with Gasteiger partial charge in [-0.1, -0.05) is 12.1 Å². The third-order valence-electron chi connectivity index (χ3n) is 2.68. The number of carbonyl (C=O) groups is 1. The van der Waals surface area contributed by atoms with Crippen LogP contribution in [0.3, 0.4) is 0 Å². The average molecular weight is 321 g/mol. The second-order valence-corrected chi connectivity index (χ2v) is 5.14. The molecule has 0 atom stereocenters. The van der Waals surface area contributed by atoms with Crippen LogP contribution < -0.4 is 15.9 Å². The van der Waals surface area contributed by atoms with Gasteiger partial charge in [-0.05, 0) is 30.4 Å². The predicted octanol–water partition coefficient (Wildman–Crippen LogP) is 0.362. The first-order valence-electron chi connectivity index (χ1n) is 5.99. The smallest absolute Gasteiger partial charge is 0.310 e. The van der Waals surface area contributed by atoms with Crippen LogP contribution >= 0.6 is 11.3 Å². The number of para-hydroxylation sites is 1. The quantitative estimate of drug-likeness (QED) is 0.479. The molecular formula is C13H11N3O5S. The van der Waals surface area contributed by atoms with Crippen LogP contribution in [0.5, 0.6) is 10.8 Å². The van der Waals surface area contributed by atoms with Gasteiger partial charge in [0.1, 0.15) is 11.3 Å². The van der Waals surface area contributed by atoms with Crippen molar-refractivity contribution in [2.75, 3.05) is 0 Å². The first-order valence-corrected chi connectivity index (χ1v) is 6.81. The summed E-state index contributed by atoms with van der Waals surface area (Å²) < 4.78 is 0. The van der Waals surface area contributed by atoms with Crippen molar-refractivity contribution in [3.8, 4) is 10.8 Å². The van der Waals surface area contributed by atoms with Crippen molar-refractivity contribution < 1.29 is 15.0 Å². The van der Waals surface area contributed by atoms with Crippen LogP contribution in [0, 0.1) is 0 Å². The van der Waals surface area contributed by atoms with Gasteiger partial charge in [-0.25, -0.2) is 5.43 Å². The van der Waals surface area contributed by atoms with Crippen LogP contribution in [0.1, 0.15) is 22.8 Å². The van der Waals surface area contributed by atoms with E-state index >= 15 is 0 Å². The van der Waals surface area contributed by atoms with Crippen molar-refractivity contribution in [1.29, 1.82) is 0 Å². The number of hydrogen-bond acceptors (Lipinski definition) is 7. The van der Waals surface area contributed by atoms with E-state index in [0.717, 1.165) is 0 Å². The number of phenolic OH excluding ortho intramolecular Hbond substituents is 1. The fourth-order valence-corrected chi connectivity index (χ4v) is 2.31. The van der Waals surface area contributed by atoms with Gasteiger partial charge in [0, 0.05) is 0 Å². The van der Waals surface area contributed by atoms with Crippen molar-refractivity contribution in [3.05, 3.63) is 55.4 Å². The van der Waals surface area contributed by atoms with Crippen molar-refractivity contribution >= 4 is 23.0 Å². The zero-order valence-electron chi connectivity index (χ0n) is 11.3. The molecule has 0 aliphatic rings. The molecule has 0 aliphatic carbocycles. The molecule has 9 heteroatoms. The topological polar surface area (TPSA) is 132 Å². The molecule has 1 aromatic carbocycles. The highest BCUT2D eigenvalue weighted by atomic mass is 32.1. The number of phenols is 1. The summed E-state index contributed by atoms with van der Waals surface area (Å²) in [5.74, 6) is -0.899. The molecule has 0 saturated carbocycles. The summed E-state index contributed by atoms with van der Waals surface area (Å²) >= 11 is 0.445. The number of aromatic amines is 1. The number of hydrazone groups is 1. The van der Waals surface area contributed by atoms with Crippen LogP contribution in [0.4, 0.5) is 0 Å². The van der Waals surface area contributed by atoms with E-state index in [9.17, 15) is 24.6 Å². The third kappa shape index (κ3) is 3.20. The van der Waals surface area contributed by atoms with E-state index in [-0.39, 0.29) is 22.6 Å². The summed E-state index contributed by atoms with van der Waals surface area (Å²) in [4.78, 5) is 35.8. The number of carbonyl (C=O) groups excluding carboxylic acids is 1. The van der Waals surface area contributed by atoms with Crippen molar-refractivity contribution in [3.63, 3.8) is 0 Å². The Balaban J connectivity index is 2.28. The summed E-state index contributed by atoms with van der Waals surface area (Å²) in [5.41, 5.74) is 1.17. The fourth-order valence-electron chi connectivity index (χ4n) is 1.65. The van der Waals surface area contributed by atoms with Gasteiger partial charge >= 0.3 is 4.87 Å². The second-order valence-electron chi connectivity index (χ2n) is 4.18. The highest BCUT2D eigenvalue weighted by Gasteiger charge is 2.14. The van der Waals surface area contributed by atoms with Gasteiger partial charge in [-0.3, -0.25) is 19.4 Å². The molecule has 0 spiro atoms. The predicted molar refractivity (Wildman–Crippen MR) is 80.7 cm³/mol. The van der Waals surface area contributed by atoms with E-state index in [2.05, 4.69) is 10.5 Å². The van der Waals surface area contributed by atoms with Crippen LogP contribution in [0.15, 0.2) is 39.0 Å². The molecule has 0 bridgehead atoms. The molecule has 0 fully saturated rings. The standard InChI is InChI=1S/C13H11N3O5S/c1-6(9-11(19)14-13(21)22-12(9)20)15-16-10(18)7-4-2-3-5-8(7)17/h2-5,17,20H,1H3,(H,16,18)(H,14,19,21). The fraction of sp³-hybridized carbons (Fsp3) is 0.0769. The Bertz CT molecular complexity index is 868. The summed E-state index contributed by atoms with van der Waals surface area (Å²) in [7, 11) is 0. The molecule has 0 radical (unpaired) electrons. The molecule has 1 aromatic heterocycles. The monoisotopic (exact) mass is 321 g/mol. The van der Waals surface area contributed by atoms with Gasteiger partial charge in [0.05, 0.1) is 11.3 Å². The van der Waals surface area contributed by atoms with Gasteiger partial charge in [0.25, 0.3) is 11.5 Å². The maximum Gasteiger partial charge on any atom is 0.310 e. The third-order valence-corrected chi connectivity index (χ3v) is 3.37. The van der Waals surface area contributed by atoms with E-state index < -0.39 is 21.4 Å². The molecule has 1 heterocycles. The van der Waals surface area contributed by atoms with E-state index in [1.165, 1.54) is 19.1 Å². The Labute approximate surface area is 127 Å². The Hall–Kier alpha value is -2.94. The highest BCUT2D eigenvalue weighted by molar-refractivity contribution is 7.11. The number of benzene rings is 1. The maximum atomic E-state index is 11.9. The minimum atomic E-state index is -0.806. The Morgan fingerprint density at radius 1 is 1.27 bits per heavy atom. The normalized spacial score (nSPS) is 11.2. The Kier molecular flexibility index (Phi) is 4.37. The molecule has 2 rings (SSSR count). The number of amides is 1. The average Bonchev–Trinajstić information content (AvgIpc) is 2.44. The van der Waals surface area contributed by atoms with Crippen LogP contribution in [-0.2, 0) is 0 Å². The second kappa shape index (κ2) is 6.22. The zero-order chi connectivity index (χ0) is 16.3. The molecular weight excluding hydrogens is 310 g/mol. The molecule has 0 saturated heterocycles. The van der Waals surface area contributed by atoms with Gasteiger partial charge in [-0.2, -0.15) is 5.10 Å². The van der Waals surface area contributed by atoms with Crippen LogP contribution in [0.2, 0.25) is 0 Å². The number of nitrogens with one attached hydrogen (secondary N) is 2. The lowest BCUT2D eigenvalue weighted by Crippen LogP contribution is -2.25. The molecule has 4 N–H and O–H groups in total. The molecule has 0 unspecified atom stereocenters. The van der Waals surface area contributed by atoms with Crippen molar-refractivity contribution in [1.82, 2.24) is 10.4 Å². The van der Waals surface area contributed by atoms with Crippen LogP contribution in [0.25, 0.3) is 0 Å². The Morgan fingerprint density at radius 3 is 2.59 bits per heavy atom. The molecule has 2 aromatic rings. The Morgan fingerprint density at radius 2 is 1.95 bits per heavy atom. The zero-order valence-corrected chi connectivity index (χ0v) is 12.1. The number of hydrogen-bond donors (Lipinski definition) is 4. The number of rotatable bonds is 3. The lowest BCUT2D eigenvalue weighted by atomic mass is 10.2. The molecule has 22 heavy (non-hydrogen) atoms. The molecule has 8 nitrogen and oxygen atoms in total. The highest BCUT2D eigenvalue weighted by Crippen LogP contribution is 2.16. The summed E-state index contributed by atoms with van der Waals surface area (Å²) in [6, 6.07) is 5.87. The van der Waals surface area contributed by atoms with E-state index in [4.69, 9.17) is 0 Å². The van der Waals surface area contributed by atoms with E-state index in [0.29, 0.717) is 11.3 Å². The minimum absolute atomic E-state index is 0.00917. The number of H-pyrrole nitrogens is 1. The largest absolute Gasteiger partial charge is 0.507 e. The summed E-state index contributed by atoms with van der Waals surface area (Å²) in [6.07, 6.45) is 0. The van der Waals surface area contributed by atoms with Gasteiger partial charge in [0.2, 0.25) is 0 Å². The van der Waals surface area contributed by atoms with Crippen molar-refractivity contribution in [2.24, 2.45) is 5.10 Å². The SMILES string of the molecule is CC(=NNC(=O)c1ccccc1O)c1c(O)sc(=O)[nH]c1=O. The molecule has 1 amide bonds. The van der Waals surface area contributed by atoms with E-state index in [1.807, 2.05) is 4.98 Å². The van der Waals surface area contributed by atoms with E-state index in [1.54, 1.807) is 12.1 Å². The summed E-state index contributed by atoms with van der Waals surface area (Å²) in [6.45, 7) is 1.38. The summed E-state index contributed by atoms with van der Waals surface area (Å²) in [5, 5.41) is 22.4. The van der Waals surface area contributed by atoms with Gasteiger partial charge < -0.3 is 10.2 Å². The number of aromatic hydroxyl groups is 2. The maximum absolute atomic E-state index is 11.9. The van der Waals surface area contributed by atoms with Gasteiger partial charge in [0.15, 0.2) is 5.06 Å². The first kappa shape index (κ1) is 15.4. The first-order chi connectivity index (χ1) is 10.4. The number of aromatic nitrogens is 1. The number of nitrogens with zero attached hydrogens (tertiary/aromatic N) is 1. The van der Waals surface area contributed by atoms with Crippen molar-refractivity contribution in [2.45, 2.75) is 6.92 Å². The van der Waals surface area contributed by atoms with Gasteiger partial charge in [-0.15, -0.1) is 0 Å².